The van der Waals surface area contributed by atoms with Gasteiger partial charge in [-0.05, 0) is 62.1 Å². The van der Waals surface area contributed by atoms with Crippen LogP contribution in [0.1, 0.15) is 31.2 Å². The van der Waals surface area contributed by atoms with Gasteiger partial charge in [0, 0.05) is 39.1 Å². The summed E-state index contributed by atoms with van der Waals surface area (Å²) in [7, 11) is 1.73. The molecule has 0 bridgehead atoms. The molecule has 0 spiro atoms. The fourth-order valence-electron chi connectivity index (χ4n) is 4.41. The average molecular weight is 468 g/mol. The second-order valence-electron chi connectivity index (χ2n) is 8.89. The van der Waals surface area contributed by atoms with E-state index in [1.54, 1.807) is 31.5 Å². The highest BCUT2D eigenvalue weighted by atomic mass is 19.1. The lowest BCUT2D eigenvalue weighted by atomic mass is 9.95. The molecule has 1 aromatic heterocycles. The monoisotopic (exact) mass is 467 g/mol. The first-order valence-electron chi connectivity index (χ1n) is 12.0. The summed E-state index contributed by atoms with van der Waals surface area (Å²) in [6.07, 6.45) is 9.23. The minimum atomic E-state index is -0.406. The highest BCUT2D eigenvalue weighted by Gasteiger charge is 2.34. The second kappa shape index (κ2) is 12.0. The first-order chi connectivity index (χ1) is 16.7. The van der Waals surface area contributed by atoms with Crippen LogP contribution in [-0.2, 0) is 17.8 Å². The fraction of sp³-hybridized carbons (Fsp3) is 0.444. The molecule has 2 aromatic carbocycles. The van der Waals surface area contributed by atoms with Crippen molar-refractivity contribution in [2.45, 2.75) is 44.4 Å². The zero-order valence-electron chi connectivity index (χ0n) is 19.9. The Morgan fingerprint density at radius 2 is 1.97 bits per heavy atom. The van der Waals surface area contributed by atoms with Gasteiger partial charge in [0.1, 0.15) is 18.0 Å². The van der Waals surface area contributed by atoms with Crippen LogP contribution in [0.3, 0.4) is 0 Å². The highest BCUT2D eigenvalue weighted by Crippen LogP contribution is 2.29. The Balaban J connectivity index is 1.26. The van der Waals surface area contributed by atoms with Crippen molar-refractivity contribution >= 4 is 0 Å². The average Bonchev–Trinajstić information content (AvgIpc) is 3.30. The van der Waals surface area contributed by atoms with E-state index < -0.39 is 5.60 Å². The Labute approximate surface area is 201 Å². The summed E-state index contributed by atoms with van der Waals surface area (Å²) in [5.41, 5.74) is 0.830. The standard InChI is InChI=1S/C27H34FN3O3/c1-32-27(21-34-26-10-3-2-9-25(26)28)11-5-14-30(16-12-27)20-23-7-4-8-24(19-23)33-18-6-15-31-17-13-29-22-31/h2-4,7-10,13,17,19,22H,5-6,11-12,14-16,18,20-21H2,1H3. The largest absolute Gasteiger partial charge is 0.494 e. The molecule has 0 N–H and O–H groups in total. The molecule has 34 heavy (non-hydrogen) atoms. The summed E-state index contributed by atoms with van der Waals surface area (Å²) in [6, 6.07) is 14.9. The number of nitrogens with zero attached hydrogens (tertiary/aromatic N) is 3. The maximum atomic E-state index is 14.0. The molecule has 0 saturated carbocycles. The van der Waals surface area contributed by atoms with Crippen molar-refractivity contribution in [2.75, 3.05) is 33.4 Å². The molecule has 182 valence electrons. The fourth-order valence-corrected chi connectivity index (χ4v) is 4.41. The highest BCUT2D eigenvalue weighted by molar-refractivity contribution is 5.28. The number of ether oxygens (including phenoxy) is 3. The number of likely N-dealkylation sites (tertiary alicyclic amines) is 1. The number of halogens is 1. The van der Waals surface area contributed by atoms with Gasteiger partial charge < -0.3 is 18.8 Å². The number of benzene rings is 2. The number of aromatic nitrogens is 2. The molecule has 3 aromatic rings. The molecule has 0 radical (unpaired) electrons. The van der Waals surface area contributed by atoms with Gasteiger partial charge in [-0.15, -0.1) is 0 Å². The zero-order chi connectivity index (χ0) is 23.6. The van der Waals surface area contributed by atoms with E-state index in [2.05, 4.69) is 32.7 Å². The third kappa shape index (κ3) is 6.81. The van der Waals surface area contributed by atoms with Crippen molar-refractivity contribution in [2.24, 2.45) is 0 Å². The molecular weight excluding hydrogens is 433 g/mol. The van der Waals surface area contributed by atoms with E-state index >= 15 is 0 Å². The molecule has 1 fully saturated rings. The Kier molecular flexibility index (Phi) is 8.55. The summed E-state index contributed by atoms with van der Waals surface area (Å²) in [5, 5.41) is 0. The van der Waals surface area contributed by atoms with Crippen molar-refractivity contribution in [1.29, 1.82) is 0 Å². The Morgan fingerprint density at radius 1 is 1.06 bits per heavy atom. The van der Waals surface area contributed by atoms with Crippen LogP contribution in [0.15, 0.2) is 67.3 Å². The minimum Gasteiger partial charge on any atom is -0.494 e. The zero-order valence-corrected chi connectivity index (χ0v) is 19.9. The number of methoxy groups -OCH3 is 1. The SMILES string of the molecule is COC1(COc2ccccc2F)CCCN(Cc2cccc(OCCCn3ccnc3)c2)CC1. The van der Waals surface area contributed by atoms with Crippen LogP contribution in [0.2, 0.25) is 0 Å². The first kappa shape index (κ1) is 24.2. The number of aryl methyl sites for hydroxylation is 1. The molecule has 1 aliphatic rings. The molecule has 7 heteroatoms. The van der Waals surface area contributed by atoms with Crippen molar-refractivity contribution in [3.8, 4) is 11.5 Å². The molecule has 6 nitrogen and oxygen atoms in total. The molecule has 1 aliphatic heterocycles. The summed E-state index contributed by atoms with van der Waals surface area (Å²) in [5.74, 6) is 0.845. The Hall–Kier alpha value is -2.90. The maximum absolute atomic E-state index is 14.0. The van der Waals surface area contributed by atoms with Gasteiger partial charge in [-0.3, -0.25) is 4.90 Å². The van der Waals surface area contributed by atoms with Gasteiger partial charge in [0.2, 0.25) is 0 Å². The van der Waals surface area contributed by atoms with E-state index in [0.717, 1.165) is 57.6 Å². The van der Waals surface area contributed by atoms with Gasteiger partial charge in [-0.1, -0.05) is 24.3 Å². The van der Waals surface area contributed by atoms with Crippen LogP contribution in [0.5, 0.6) is 11.5 Å². The Morgan fingerprint density at radius 3 is 2.79 bits per heavy atom. The van der Waals surface area contributed by atoms with Crippen LogP contribution in [0, 0.1) is 5.82 Å². The van der Waals surface area contributed by atoms with Crippen molar-refractivity contribution in [3.05, 3.63) is 78.6 Å². The summed E-state index contributed by atoms with van der Waals surface area (Å²) in [4.78, 5) is 6.51. The van der Waals surface area contributed by atoms with Gasteiger partial charge in [0.05, 0.1) is 12.9 Å². The summed E-state index contributed by atoms with van der Waals surface area (Å²) >= 11 is 0. The summed E-state index contributed by atoms with van der Waals surface area (Å²) in [6.45, 7) is 4.66. The first-order valence-corrected chi connectivity index (χ1v) is 12.0. The second-order valence-corrected chi connectivity index (χ2v) is 8.89. The van der Waals surface area contributed by atoms with E-state index in [-0.39, 0.29) is 11.6 Å². The van der Waals surface area contributed by atoms with E-state index in [9.17, 15) is 4.39 Å². The van der Waals surface area contributed by atoms with E-state index in [4.69, 9.17) is 14.2 Å². The number of hydrogen-bond acceptors (Lipinski definition) is 5. The molecule has 0 amide bonds. The quantitative estimate of drug-likeness (QED) is 0.374. The van der Waals surface area contributed by atoms with Crippen LogP contribution in [0.4, 0.5) is 4.39 Å². The predicted molar refractivity (Wildman–Crippen MR) is 130 cm³/mol. The van der Waals surface area contributed by atoms with E-state index in [0.29, 0.717) is 13.2 Å². The lowest BCUT2D eigenvalue weighted by Gasteiger charge is -2.31. The third-order valence-corrected chi connectivity index (χ3v) is 6.44. The number of hydrogen-bond donors (Lipinski definition) is 0. The molecule has 4 rings (SSSR count). The summed E-state index contributed by atoms with van der Waals surface area (Å²) < 4.78 is 33.7. The molecule has 1 unspecified atom stereocenters. The minimum absolute atomic E-state index is 0.280. The lowest BCUT2D eigenvalue weighted by molar-refractivity contribution is -0.0548. The van der Waals surface area contributed by atoms with Gasteiger partial charge in [-0.2, -0.15) is 0 Å². The van der Waals surface area contributed by atoms with Crippen molar-refractivity contribution in [1.82, 2.24) is 14.5 Å². The van der Waals surface area contributed by atoms with Gasteiger partial charge in [0.25, 0.3) is 0 Å². The predicted octanol–water partition coefficient (Wildman–Crippen LogP) is 4.94. The smallest absolute Gasteiger partial charge is 0.165 e. The van der Waals surface area contributed by atoms with E-state index in [1.165, 1.54) is 11.6 Å². The number of imidazole rings is 1. The van der Waals surface area contributed by atoms with E-state index in [1.807, 2.05) is 18.6 Å². The van der Waals surface area contributed by atoms with Gasteiger partial charge in [-0.25, -0.2) is 9.37 Å². The number of para-hydroxylation sites is 1. The molecule has 2 heterocycles. The number of rotatable bonds is 11. The molecular formula is C27H34FN3O3. The van der Waals surface area contributed by atoms with Crippen molar-refractivity contribution in [3.63, 3.8) is 0 Å². The van der Waals surface area contributed by atoms with Gasteiger partial charge in [0.15, 0.2) is 11.6 Å². The molecule has 0 aliphatic carbocycles. The van der Waals surface area contributed by atoms with Crippen LogP contribution in [-0.4, -0.2) is 53.5 Å². The topological polar surface area (TPSA) is 48.8 Å². The third-order valence-electron chi connectivity index (χ3n) is 6.44. The Bertz CT molecular complexity index is 1010. The van der Waals surface area contributed by atoms with Gasteiger partial charge >= 0.3 is 0 Å². The van der Waals surface area contributed by atoms with Crippen LogP contribution in [0.25, 0.3) is 0 Å². The maximum Gasteiger partial charge on any atom is 0.165 e. The normalized spacial score (nSPS) is 19.0. The lowest BCUT2D eigenvalue weighted by Crippen LogP contribution is -2.39. The molecule has 1 saturated heterocycles. The molecule has 1 atom stereocenters. The van der Waals surface area contributed by atoms with Crippen molar-refractivity contribution < 1.29 is 18.6 Å². The van der Waals surface area contributed by atoms with Crippen LogP contribution < -0.4 is 9.47 Å². The van der Waals surface area contributed by atoms with Crippen LogP contribution >= 0.6 is 0 Å².